The van der Waals surface area contributed by atoms with Crippen LogP contribution in [0.3, 0.4) is 0 Å². The van der Waals surface area contributed by atoms with Crippen LogP contribution in [-0.4, -0.2) is 40.0 Å². The van der Waals surface area contributed by atoms with E-state index in [0.717, 1.165) is 13.0 Å². The second-order valence-corrected chi connectivity index (χ2v) is 2.30. The van der Waals surface area contributed by atoms with E-state index in [1.807, 2.05) is 0 Å². The molecular weight excluding hydrogens is 177 g/mol. The molecule has 0 saturated carbocycles. The van der Waals surface area contributed by atoms with Crippen molar-refractivity contribution in [3.63, 3.8) is 0 Å². The van der Waals surface area contributed by atoms with Crippen LogP contribution < -0.4 is 0 Å². The minimum atomic E-state index is -2.06. The number of hydrogen-bond acceptors (Lipinski definition) is 5. The summed E-state index contributed by atoms with van der Waals surface area (Å²) in [6.45, 7) is 4.36. The molecule has 1 fully saturated rings. The Morgan fingerprint density at radius 2 is 2.15 bits per heavy atom. The third-order valence-corrected chi connectivity index (χ3v) is 1.42. The lowest BCUT2D eigenvalue weighted by Crippen LogP contribution is -2.16. The molecule has 0 atom stereocenters. The molecule has 74 valence electrons. The van der Waals surface area contributed by atoms with Crippen molar-refractivity contribution in [3.8, 4) is 0 Å². The van der Waals surface area contributed by atoms with Crippen molar-refractivity contribution in [3.05, 3.63) is 12.8 Å². The lowest BCUT2D eigenvalue weighted by atomic mass is 10.3. The fraction of sp³-hybridized carbons (Fsp3) is 0.500. The minimum Gasteiger partial charge on any atom is -0.400 e. The second-order valence-electron chi connectivity index (χ2n) is 2.30. The normalized spacial score (nSPS) is 15.0. The SMILES string of the molecule is C=CN1CCCC1=O.OOB(O)O. The molecule has 1 aliphatic heterocycles. The summed E-state index contributed by atoms with van der Waals surface area (Å²) in [5, 5.41) is 22.0. The van der Waals surface area contributed by atoms with Gasteiger partial charge in [-0.25, -0.2) is 4.81 Å². The average Bonchev–Trinajstić information content (AvgIpc) is 2.52. The van der Waals surface area contributed by atoms with E-state index in [-0.39, 0.29) is 5.91 Å². The predicted molar refractivity (Wildman–Crippen MR) is 45.0 cm³/mol. The zero-order valence-corrected chi connectivity index (χ0v) is 7.09. The summed E-state index contributed by atoms with van der Waals surface area (Å²) in [6.07, 6.45) is 3.28. The van der Waals surface area contributed by atoms with E-state index in [1.54, 1.807) is 11.1 Å². The maximum absolute atomic E-state index is 10.7. The molecule has 0 aliphatic carbocycles. The van der Waals surface area contributed by atoms with Crippen LogP contribution in [0.25, 0.3) is 0 Å². The zero-order valence-electron chi connectivity index (χ0n) is 7.09. The van der Waals surface area contributed by atoms with Gasteiger partial charge in [0.25, 0.3) is 0 Å². The molecule has 0 aromatic carbocycles. The van der Waals surface area contributed by atoms with Crippen molar-refractivity contribution >= 4 is 13.2 Å². The molecule has 0 aromatic heterocycles. The Bertz CT molecular complexity index is 174. The molecule has 1 amide bonds. The van der Waals surface area contributed by atoms with Gasteiger partial charge in [-0.05, 0) is 12.6 Å². The highest BCUT2D eigenvalue weighted by Crippen LogP contribution is 2.08. The predicted octanol–water partition coefficient (Wildman–Crippen LogP) is -0.802. The van der Waals surface area contributed by atoms with E-state index in [4.69, 9.17) is 15.3 Å². The Balaban J connectivity index is 0.000000252. The van der Waals surface area contributed by atoms with E-state index in [1.165, 1.54) is 0 Å². The quantitative estimate of drug-likeness (QED) is 0.300. The fourth-order valence-electron chi connectivity index (χ4n) is 0.862. The Labute approximate surface area is 76.1 Å². The van der Waals surface area contributed by atoms with Gasteiger partial charge in [-0.1, -0.05) is 6.58 Å². The highest BCUT2D eigenvalue weighted by molar-refractivity contribution is 6.32. The lowest BCUT2D eigenvalue weighted by Gasteiger charge is -2.05. The number of rotatable bonds is 2. The van der Waals surface area contributed by atoms with E-state index in [2.05, 4.69) is 11.4 Å². The summed E-state index contributed by atoms with van der Waals surface area (Å²) < 4.78 is 0. The van der Waals surface area contributed by atoms with Gasteiger partial charge in [0.1, 0.15) is 0 Å². The Morgan fingerprint density at radius 1 is 1.62 bits per heavy atom. The second kappa shape index (κ2) is 6.61. The molecule has 0 spiro atoms. The first-order valence-electron chi connectivity index (χ1n) is 3.70. The van der Waals surface area contributed by atoms with Gasteiger partial charge in [0, 0.05) is 13.0 Å². The van der Waals surface area contributed by atoms with Crippen molar-refractivity contribution in [1.29, 1.82) is 0 Å². The third kappa shape index (κ3) is 5.37. The third-order valence-electron chi connectivity index (χ3n) is 1.42. The maximum Gasteiger partial charge on any atom is 0.662 e. The molecule has 1 saturated heterocycles. The summed E-state index contributed by atoms with van der Waals surface area (Å²) in [6, 6.07) is 0. The lowest BCUT2D eigenvalue weighted by molar-refractivity contribution is -0.173. The number of hydrogen-bond donors (Lipinski definition) is 3. The molecule has 13 heavy (non-hydrogen) atoms. The van der Waals surface area contributed by atoms with E-state index < -0.39 is 7.32 Å². The molecule has 0 bridgehead atoms. The van der Waals surface area contributed by atoms with Crippen LogP contribution in [0.4, 0.5) is 0 Å². The van der Waals surface area contributed by atoms with Gasteiger partial charge in [0.05, 0.1) is 0 Å². The van der Waals surface area contributed by atoms with Gasteiger partial charge in [0.2, 0.25) is 5.91 Å². The summed E-state index contributed by atoms with van der Waals surface area (Å²) >= 11 is 0. The van der Waals surface area contributed by atoms with Gasteiger partial charge in [-0.15, -0.1) is 0 Å². The van der Waals surface area contributed by atoms with Gasteiger partial charge < -0.3 is 14.9 Å². The van der Waals surface area contributed by atoms with Crippen molar-refractivity contribution in [2.75, 3.05) is 6.54 Å². The van der Waals surface area contributed by atoms with Crippen LogP contribution >= 0.6 is 0 Å². The van der Waals surface area contributed by atoms with Gasteiger partial charge in [0.15, 0.2) is 0 Å². The zero-order chi connectivity index (χ0) is 10.3. The first-order valence-corrected chi connectivity index (χ1v) is 3.70. The van der Waals surface area contributed by atoms with Gasteiger partial charge >= 0.3 is 7.32 Å². The molecule has 7 heteroatoms. The fourth-order valence-corrected chi connectivity index (χ4v) is 0.862. The molecule has 3 N–H and O–H groups in total. The van der Waals surface area contributed by atoms with E-state index in [0.29, 0.717) is 6.42 Å². The van der Waals surface area contributed by atoms with Crippen molar-refractivity contribution in [2.45, 2.75) is 12.8 Å². The number of carbonyl (C=O) groups excluding carboxylic acids is 1. The molecule has 6 nitrogen and oxygen atoms in total. The molecule has 0 unspecified atom stereocenters. The van der Waals surface area contributed by atoms with E-state index >= 15 is 0 Å². The number of likely N-dealkylation sites (tertiary alicyclic amines) is 1. The van der Waals surface area contributed by atoms with Crippen molar-refractivity contribution in [1.82, 2.24) is 4.90 Å². The standard InChI is InChI=1S/C6H9NO.BH3O4/c1-2-7-5-3-4-6(7)8;2-1(3)5-4/h2H,1,3-5H2;2-4H. The van der Waals surface area contributed by atoms with Crippen LogP contribution in [0.5, 0.6) is 0 Å². The Hall–Kier alpha value is -0.885. The monoisotopic (exact) mass is 189 g/mol. The Morgan fingerprint density at radius 3 is 2.31 bits per heavy atom. The van der Waals surface area contributed by atoms with Gasteiger partial charge in [-0.2, -0.15) is 0 Å². The average molecular weight is 189 g/mol. The number of carbonyl (C=O) groups is 1. The summed E-state index contributed by atoms with van der Waals surface area (Å²) in [4.78, 5) is 15.2. The largest absolute Gasteiger partial charge is 0.662 e. The van der Waals surface area contributed by atoms with Crippen LogP contribution in [0.2, 0.25) is 0 Å². The van der Waals surface area contributed by atoms with Crippen LogP contribution in [-0.2, 0) is 9.60 Å². The molecular formula is C6H12BNO5. The first kappa shape index (κ1) is 12.1. The summed E-state index contributed by atoms with van der Waals surface area (Å²) in [5.41, 5.74) is 0. The van der Waals surface area contributed by atoms with Crippen molar-refractivity contribution in [2.24, 2.45) is 0 Å². The molecule has 1 heterocycles. The smallest absolute Gasteiger partial charge is 0.400 e. The minimum absolute atomic E-state index is 0.208. The first-order chi connectivity index (χ1) is 6.11. The van der Waals surface area contributed by atoms with E-state index in [9.17, 15) is 4.79 Å². The topological polar surface area (TPSA) is 90.2 Å². The van der Waals surface area contributed by atoms with Crippen LogP contribution in [0.1, 0.15) is 12.8 Å². The molecule has 1 rings (SSSR count). The van der Waals surface area contributed by atoms with Crippen LogP contribution in [0, 0.1) is 0 Å². The molecule has 0 aromatic rings. The summed E-state index contributed by atoms with van der Waals surface area (Å²) in [5.74, 6) is 0.208. The molecule has 1 aliphatic rings. The number of nitrogens with zero attached hydrogens (tertiary/aromatic N) is 1. The van der Waals surface area contributed by atoms with Gasteiger partial charge in [-0.3, -0.25) is 10.1 Å². The van der Waals surface area contributed by atoms with Crippen LogP contribution in [0.15, 0.2) is 12.8 Å². The highest BCUT2D eigenvalue weighted by atomic mass is 17.1. The van der Waals surface area contributed by atoms with Crippen molar-refractivity contribution < 1.29 is 24.9 Å². The molecule has 0 radical (unpaired) electrons. The number of amides is 1. The maximum atomic E-state index is 10.7. The Kier molecular flexibility index (Phi) is 6.16. The highest BCUT2D eigenvalue weighted by Gasteiger charge is 2.15. The summed E-state index contributed by atoms with van der Waals surface area (Å²) in [7, 11) is -2.06.